The molecule has 1 aromatic carbocycles. The number of ether oxygens (including phenoxy) is 3. The van der Waals surface area contributed by atoms with Crippen molar-refractivity contribution in [1.82, 2.24) is 14.6 Å². The molecule has 15 heteroatoms. The summed E-state index contributed by atoms with van der Waals surface area (Å²) in [6, 6.07) is 7.83. The second kappa shape index (κ2) is 11.2. The van der Waals surface area contributed by atoms with Crippen molar-refractivity contribution in [1.29, 1.82) is 0 Å². The Balaban J connectivity index is 1.67. The zero-order valence-electron chi connectivity index (χ0n) is 20.5. The van der Waals surface area contributed by atoms with E-state index in [0.29, 0.717) is 0 Å². The van der Waals surface area contributed by atoms with Crippen molar-refractivity contribution in [3.05, 3.63) is 63.4 Å². The van der Waals surface area contributed by atoms with Crippen LogP contribution in [0.4, 0.5) is 4.39 Å². The number of aromatic nitrogens is 2. The third-order valence-corrected chi connectivity index (χ3v) is 7.54. The predicted octanol–water partition coefficient (Wildman–Crippen LogP) is 1.59. The van der Waals surface area contributed by atoms with Gasteiger partial charge in [0.05, 0.1) is 13.2 Å². The van der Waals surface area contributed by atoms with Crippen LogP contribution in [0.5, 0.6) is 5.75 Å². The summed E-state index contributed by atoms with van der Waals surface area (Å²) >= 11 is 0. The average Bonchev–Trinajstić information content (AvgIpc) is 3.10. The molecular weight excluding hydrogens is 528 g/mol. The van der Waals surface area contributed by atoms with Crippen LogP contribution in [0.15, 0.2) is 52.2 Å². The van der Waals surface area contributed by atoms with Gasteiger partial charge >= 0.3 is 25.4 Å². The molecule has 2 aromatic rings. The number of esters is 2. The minimum atomic E-state index is -4.33. The van der Waals surface area contributed by atoms with E-state index in [1.807, 2.05) is 4.98 Å². The number of fused-ring (bicyclic) bond motifs is 1. The molecule has 38 heavy (non-hydrogen) atoms. The lowest BCUT2D eigenvalue weighted by Gasteiger charge is -2.28. The van der Waals surface area contributed by atoms with E-state index < -0.39 is 67.7 Å². The Morgan fingerprint density at radius 3 is 2.61 bits per heavy atom. The molecule has 0 radical (unpaired) electrons. The predicted molar refractivity (Wildman–Crippen MR) is 128 cm³/mol. The first-order chi connectivity index (χ1) is 18.0. The number of nitrogens with zero attached hydrogens (tertiary/aromatic N) is 1. The molecule has 2 N–H and O–H groups in total. The molecule has 4 rings (SSSR count). The number of aromatic amines is 1. The van der Waals surface area contributed by atoms with Gasteiger partial charge in [0, 0.05) is 18.7 Å². The van der Waals surface area contributed by atoms with Gasteiger partial charge in [0.2, 0.25) is 0 Å². The van der Waals surface area contributed by atoms with Gasteiger partial charge in [-0.1, -0.05) is 18.2 Å². The molecule has 2 fully saturated rings. The first-order valence-electron chi connectivity index (χ1n) is 11.8. The van der Waals surface area contributed by atoms with Crippen LogP contribution in [-0.2, 0) is 32.9 Å². The Labute approximate surface area is 215 Å². The van der Waals surface area contributed by atoms with Crippen molar-refractivity contribution < 1.29 is 41.8 Å². The minimum absolute atomic E-state index is 0.0794. The minimum Gasteiger partial charge on any atom is -0.465 e. The van der Waals surface area contributed by atoms with Crippen LogP contribution in [0.1, 0.15) is 32.9 Å². The molecule has 2 aliphatic rings. The summed E-state index contributed by atoms with van der Waals surface area (Å²) in [5, 5.41) is 2.50. The molecule has 0 aliphatic carbocycles. The van der Waals surface area contributed by atoms with Gasteiger partial charge in [0.25, 0.3) is 5.56 Å². The normalized spacial score (nSPS) is 32.9. The van der Waals surface area contributed by atoms with Gasteiger partial charge in [-0.2, -0.15) is 5.09 Å². The van der Waals surface area contributed by atoms with E-state index in [9.17, 15) is 23.7 Å². The largest absolute Gasteiger partial charge is 0.465 e. The third-order valence-electron chi connectivity index (χ3n) is 5.90. The van der Waals surface area contributed by atoms with Crippen LogP contribution >= 0.6 is 7.75 Å². The lowest BCUT2D eigenvalue weighted by Crippen LogP contribution is -2.46. The molecule has 6 atom stereocenters. The maximum Gasteiger partial charge on any atom is 0.459 e. The van der Waals surface area contributed by atoms with Gasteiger partial charge in [-0.15, -0.1) is 0 Å². The van der Waals surface area contributed by atoms with Crippen molar-refractivity contribution in [2.45, 2.75) is 56.8 Å². The number of hydrogen-bond acceptors (Lipinski definition) is 10. The molecule has 206 valence electrons. The van der Waals surface area contributed by atoms with Gasteiger partial charge in [-0.25, -0.2) is 13.8 Å². The summed E-state index contributed by atoms with van der Waals surface area (Å²) in [5.41, 5.74) is -4.14. The Kier molecular flexibility index (Phi) is 8.16. The fraction of sp³-hybridized carbons (Fsp3) is 0.478. The first kappa shape index (κ1) is 27.7. The van der Waals surface area contributed by atoms with Crippen molar-refractivity contribution in [3.8, 4) is 5.75 Å². The van der Waals surface area contributed by atoms with Crippen LogP contribution in [0.2, 0.25) is 0 Å². The lowest BCUT2D eigenvalue weighted by atomic mass is 9.98. The maximum absolute atomic E-state index is 16.2. The second-order valence-corrected chi connectivity index (χ2v) is 10.6. The number of cyclic esters (lactones) is 1. The third kappa shape index (κ3) is 6.21. The number of H-pyrrole nitrogens is 1. The number of alkyl halides is 1. The lowest BCUT2D eigenvalue weighted by molar-refractivity contribution is -0.159. The van der Waals surface area contributed by atoms with Gasteiger partial charge in [0.1, 0.15) is 17.9 Å². The monoisotopic (exact) mass is 555 g/mol. The zero-order valence-corrected chi connectivity index (χ0v) is 21.4. The standard InChI is InChI=1S/C23H27FN3O10P/c1-14-20(30)33-12-6-9-18(29)36-19-16(13-34-38(32,26-14)37-15-7-4-3-5-8-15)35-21(23(19,2)24)27-11-10-17(28)25-22(27)31/h3-5,7-8,10-11,14,16,19,21H,6,9,12-13H2,1-2H3,(H,26,32)(H,25,28,31)/t14-,16+,19+,21+,23+,38?/m0/s1. The maximum atomic E-state index is 16.2. The Morgan fingerprint density at radius 1 is 1.16 bits per heavy atom. The summed E-state index contributed by atoms with van der Waals surface area (Å²) in [6.07, 6.45) is -3.68. The number of halogens is 1. The van der Waals surface area contributed by atoms with Crippen molar-refractivity contribution in [2.75, 3.05) is 13.2 Å². The molecule has 1 unspecified atom stereocenters. The number of benzene rings is 1. The average molecular weight is 555 g/mol. The molecule has 0 bridgehead atoms. The molecule has 0 amide bonds. The zero-order chi connectivity index (χ0) is 27.5. The SMILES string of the molecule is C[C@@H]1NP(=O)(Oc2ccccc2)OC[C@H]2O[C@@H](n3ccc(=O)[nH]c3=O)[C@](C)(F)[C@@H]2OC(=O)CCCOC1=O. The summed E-state index contributed by atoms with van der Waals surface area (Å²) in [7, 11) is -4.33. The topological polar surface area (TPSA) is 164 Å². The Hall–Kier alpha value is -3.32. The van der Waals surface area contributed by atoms with Crippen molar-refractivity contribution >= 4 is 19.7 Å². The molecule has 13 nitrogen and oxygen atoms in total. The molecule has 0 saturated carbocycles. The van der Waals surface area contributed by atoms with Gasteiger partial charge < -0.3 is 18.7 Å². The van der Waals surface area contributed by atoms with E-state index in [1.54, 1.807) is 18.2 Å². The Morgan fingerprint density at radius 2 is 1.89 bits per heavy atom. The van der Waals surface area contributed by atoms with E-state index in [4.69, 9.17) is 23.3 Å². The van der Waals surface area contributed by atoms with Crippen LogP contribution in [-0.4, -0.2) is 58.6 Å². The van der Waals surface area contributed by atoms with E-state index >= 15 is 4.39 Å². The molecule has 2 saturated heterocycles. The van der Waals surface area contributed by atoms with Crippen LogP contribution in [0.25, 0.3) is 0 Å². The molecular formula is C23H27FN3O10P. The van der Waals surface area contributed by atoms with Crippen molar-refractivity contribution in [3.63, 3.8) is 0 Å². The Bertz CT molecular complexity index is 1330. The highest BCUT2D eigenvalue weighted by Crippen LogP contribution is 2.48. The van der Waals surface area contributed by atoms with E-state index in [2.05, 4.69) is 5.09 Å². The number of carbonyl (C=O) groups is 2. The highest BCUT2D eigenvalue weighted by atomic mass is 31.2. The van der Waals surface area contributed by atoms with Crippen LogP contribution in [0.3, 0.4) is 0 Å². The van der Waals surface area contributed by atoms with Crippen LogP contribution in [0, 0.1) is 0 Å². The summed E-state index contributed by atoms with van der Waals surface area (Å²) < 4.78 is 58.0. The number of nitrogens with one attached hydrogen (secondary N) is 2. The van der Waals surface area contributed by atoms with Gasteiger partial charge in [-0.05, 0) is 32.4 Å². The highest BCUT2D eigenvalue weighted by Gasteiger charge is 2.58. The first-order valence-corrected chi connectivity index (χ1v) is 13.3. The summed E-state index contributed by atoms with van der Waals surface area (Å²) in [5.74, 6) is -1.43. The molecule has 1 aromatic heterocycles. The number of para-hydroxylation sites is 1. The second-order valence-electron chi connectivity index (χ2n) is 8.93. The van der Waals surface area contributed by atoms with Crippen molar-refractivity contribution in [2.24, 2.45) is 0 Å². The summed E-state index contributed by atoms with van der Waals surface area (Å²) in [6.45, 7) is 1.67. The fourth-order valence-electron chi connectivity index (χ4n) is 4.03. The smallest absolute Gasteiger partial charge is 0.459 e. The fourth-order valence-corrected chi connectivity index (χ4v) is 5.53. The number of rotatable bonds is 3. The highest BCUT2D eigenvalue weighted by molar-refractivity contribution is 7.52. The number of hydrogen-bond donors (Lipinski definition) is 2. The molecule has 3 heterocycles. The van der Waals surface area contributed by atoms with Crippen LogP contribution < -0.4 is 20.9 Å². The van der Waals surface area contributed by atoms with E-state index in [0.717, 1.165) is 23.8 Å². The van der Waals surface area contributed by atoms with Gasteiger partial charge in [-0.3, -0.25) is 28.5 Å². The van der Waals surface area contributed by atoms with E-state index in [-0.39, 0.29) is 25.2 Å². The van der Waals surface area contributed by atoms with E-state index in [1.165, 1.54) is 19.1 Å². The number of carbonyl (C=O) groups excluding carboxylic acids is 2. The quantitative estimate of drug-likeness (QED) is 0.417. The summed E-state index contributed by atoms with van der Waals surface area (Å²) in [4.78, 5) is 50.8. The van der Waals surface area contributed by atoms with Gasteiger partial charge in [0.15, 0.2) is 18.0 Å². The molecule has 2 aliphatic heterocycles. The molecule has 0 spiro atoms.